The first-order chi connectivity index (χ1) is 13.1. The number of nitrogens with two attached hydrogens (primary N) is 1. The van der Waals surface area contributed by atoms with E-state index in [0.29, 0.717) is 34.5 Å². The molecule has 2 aromatic heterocycles. The van der Waals surface area contributed by atoms with Crippen molar-refractivity contribution in [1.29, 1.82) is 0 Å². The molecule has 2 heterocycles. The van der Waals surface area contributed by atoms with Crippen molar-refractivity contribution in [3.8, 4) is 23.0 Å². The summed E-state index contributed by atoms with van der Waals surface area (Å²) in [6.07, 6.45) is 2.40. The van der Waals surface area contributed by atoms with Gasteiger partial charge in [0, 0.05) is 23.7 Å². The lowest BCUT2D eigenvalue weighted by molar-refractivity contribution is 0.0949. The maximum atomic E-state index is 12.2. The number of ether oxygens (including phenoxy) is 2. The Hall–Kier alpha value is -3.49. The number of nitrogens with zero attached hydrogens (tertiary/aromatic N) is 4. The number of rotatable bonds is 6. The van der Waals surface area contributed by atoms with Gasteiger partial charge in [0.1, 0.15) is 5.52 Å². The Labute approximate surface area is 155 Å². The normalized spacial score (nSPS) is 10.6. The monoisotopic (exact) mass is 368 g/mol. The fourth-order valence-electron chi connectivity index (χ4n) is 2.65. The van der Waals surface area contributed by atoms with Crippen molar-refractivity contribution in [3.05, 3.63) is 30.1 Å². The van der Waals surface area contributed by atoms with E-state index in [1.165, 1.54) is 14.2 Å². The van der Waals surface area contributed by atoms with Crippen molar-refractivity contribution in [1.82, 2.24) is 25.5 Å². The molecule has 140 valence electrons. The Morgan fingerprint density at radius 2 is 2.00 bits per heavy atom. The van der Waals surface area contributed by atoms with Crippen molar-refractivity contribution < 1.29 is 14.3 Å². The van der Waals surface area contributed by atoms with Gasteiger partial charge in [0.2, 0.25) is 5.88 Å². The van der Waals surface area contributed by atoms with Crippen molar-refractivity contribution in [2.24, 2.45) is 0 Å². The van der Waals surface area contributed by atoms with E-state index in [2.05, 4.69) is 25.5 Å². The molecule has 0 unspecified atom stereocenters. The van der Waals surface area contributed by atoms with Crippen molar-refractivity contribution in [2.75, 3.05) is 26.5 Å². The topological polar surface area (TPSA) is 125 Å². The summed E-state index contributed by atoms with van der Waals surface area (Å²) in [5.41, 5.74) is 8.40. The van der Waals surface area contributed by atoms with Gasteiger partial charge in [-0.2, -0.15) is 4.98 Å². The minimum absolute atomic E-state index is 0.103. The van der Waals surface area contributed by atoms with Crippen LogP contribution in [0.1, 0.15) is 23.8 Å². The number of amides is 1. The molecule has 0 aliphatic heterocycles. The number of carbonyl (C=O) groups excluding carboxylic acids is 1. The summed E-state index contributed by atoms with van der Waals surface area (Å²) in [5.74, 6) is -0.0148. The predicted molar refractivity (Wildman–Crippen MR) is 101 cm³/mol. The van der Waals surface area contributed by atoms with E-state index in [1.807, 2.05) is 19.1 Å². The molecule has 9 nitrogen and oxygen atoms in total. The van der Waals surface area contributed by atoms with Gasteiger partial charge < -0.3 is 20.5 Å². The molecule has 0 aliphatic carbocycles. The molecule has 9 heteroatoms. The number of hydrogen-bond acceptors (Lipinski definition) is 8. The number of aromatic nitrogens is 4. The van der Waals surface area contributed by atoms with Gasteiger partial charge in [-0.15, -0.1) is 10.2 Å². The van der Waals surface area contributed by atoms with Gasteiger partial charge in [-0.3, -0.25) is 4.79 Å². The van der Waals surface area contributed by atoms with Gasteiger partial charge in [-0.05, 0) is 6.42 Å². The number of anilines is 1. The Kier molecular flexibility index (Phi) is 5.30. The molecule has 3 rings (SSSR count). The largest absolute Gasteiger partial charge is 0.480 e. The standard InChI is InChI=1S/C18H20N6O3/c1-4-8-20-16(25)15-13(19)11-7-5-6-10(14(11)23-24-15)12-9-21-18(27-3)22-17(12)26-2/h5-7,9H,4,8H2,1-3H3,(H2,19,23)(H,20,25). The molecule has 0 atom stereocenters. The number of carbonyl (C=O) groups is 1. The predicted octanol–water partition coefficient (Wildman–Crippen LogP) is 1.83. The third kappa shape index (κ3) is 3.43. The van der Waals surface area contributed by atoms with Gasteiger partial charge in [0.25, 0.3) is 5.91 Å². The van der Waals surface area contributed by atoms with E-state index in [4.69, 9.17) is 15.2 Å². The molecule has 3 aromatic rings. The molecule has 27 heavy (non-hydrogen) atoms. The highest BCUT2D eigenvalue weighted by Gasteiger charge is 2.19. The highest BCUT2D eigenvalue weighted by atomic mass is 16.5. The average Bonchev–Trinajstić information content (AvgIpc) is 2.71. The van der Waals surface area contributed by atoms with Crippen LogP contribution in [-0.2, 0) is 0 Å². The highest BCUT2D eigenvalue weighted by molar-refractivity contribution is 6.07. The smallest absolute Gasteiger partial charge is 0.319 e. The van der Waals surface area contributed by atoms with Crippen LogP contribution in [-0.4, -0.2) is 46.8 Å². The van der Waals surface area contributed by atoms with E-state index < -0.39 is 0 Å². The van der Waals surface area contributed by atoms with Crippen LogP contribution in [0.4, 0.5) is 5.69 Å². The molecule has 0 radical (unpaired) electrons. The maximum Gasteiger partial charge on any atom is 0.319 e. The van der Waals surface area contributed by atoms with Gasteiger partial charge in [-0.25, -0.2) is 4.98 Å². The number of nitrogens with one attached hydrogen (secondary N) is 1. The first-order valence-corrected chi connectivity index (χ1v) is 8.39. The quantitative estimate of drug-likeness (QED) is 0.675. The summed E-state index contributed by atoms with van der Waals surface area (Å²) in [7, 11) is 2.98. The van der Waals surface area contributed by atoms with Gasteiger partial charge in [-0.1, -0.05) is 25.1 Å². The lowest BCUT2D eigenvalue weighted by atomic mass is 10.0. The number of nitrogen functional groups attached to an aromatic ring is 1. The third-order valence-corrected chi connectivity index (χ3v) is 3.98. The Morgan fingerprint density at radius 3 is 2.70 bits per heavy atom. The van der Waals surface area contributed by atoms with E-state index in [-0.39, 0.29) is 23.3 Å². The summed E-state index contributed by atoms with van der Waals surface area (Å²) >= 11 is 0. The molecular formula is C18H20N6O3. The van der Waals surface area contributed by atoms with E-state index in [9.17, 15) is 4.79 Å². The fraction of sp³-hybridized carbons (Fsp3) is 0.278. The number of hydrogen-bond donors (Lipinski definition) is 2. The molecule has 0 spiro atoms. The first-order valence-electron chi connectivity index (χ1n) is 8.39. The molecule has 0 bridgehead atoms. The Balaban J connectivity index is 2.14. The van der Waals surface area contributed by atoms with Crippen molar-refractivity contribution in [2.45, 2.75) is 13.3 Å². The van der Waals surface area contributed by atoms with Crippen LogP contribution < -0.4 is 20.5 Å². The summed E-state index contributed by atoms with van der Waals surface area (Å²) in [6.45, 7) is 2.50. The van der Waals surface area contributed by atoms with Crippen LogP contribution in [0.5, 0.6) is 11.9 Å². The lowest BCUT2D eigenvalue weighted by Crippen LogP contribution is -2.26. The van der Waals surface area contributed by atoms with Crippen LogP contribution in [0.2, 0.25) is 0 Å². The summed E-state index contributed by atoms with van der Waals surface area (Å²) < 4.78 is 10.4. The zero-order chi connectivity index (χ0) is 19.4. The van der Waals surface area contributed by atoms with Crippen LogP contribution in [0.25, 0.3) is 22.0 Å². The first kappa shape index (κ1) is 18.3. The van der Waals surface area contributed by atoms with Gasteiger partial charge in [0.15, 0.2) is 5.69 Å². The van der Waals surface area contributed by atoms with E-state index >= 15 is 0 Å². The van der Waals surface area contributed by atoms with Crippen LogP contribution in [0.3, 0.4) is 0 Å². The summed E-state index contributed by atoms with van der Waals surface area (Å²) in [5, 5.41) is 11.6. The zero-order valence-corrected chi connectivity index (χ0v) is 15.3. The molecule has 1 amide bonds. The maximum absolute atomic E-state index is 12.2. The molecular weight excluding hydrogens is 348 g/mol. The Morgan fingerprint density at radius 1 is 1.19 bits per heavy atom. The van der Waals surface area contributed by atoms with E-state index in [1.54, 1.807) is 12.3 Å². The fourth-order valence-corrected chi connectivity index (χ4v) is 2.65. The number of benzene rings is 1. The second kappa shape index (κ2) is 7.81. The average molecular weight is 368 g/mol. The number of fused-ring (bicyclic) bond motifs is 1. The third-order valence-electron chi connectivity index (χ3n) is 3.98. The molecule has 0 saturated carbocycles. The SMILES string of the molecule is CCCNC(=O)c1nnc2c(-c3cnc(OC)nc3OC)cccc2c1N. The molecule has 1 aromatic carbocycles. The second-order valence-electron chi connectivity index (χ2n) is 5.70. The lowest BCUT2D eigenvalue weighted by Gasteiger charge is -2.12. The minimum Gasteiger partial charge on any atom is -0.480 e. The van der Waals surface area contributed by atoms with Gasteiger partial charge >= 0.3 is 6.01 Å². The highest BCUT2D eigenvalue weighted by Crippen LogP contribution is 2.35. The molecule has 0 aliphatic rings. The zero-order valence-electron chi connectivity index (χ0n) is 15.3. The second-order valence-corrected chi connectivity index (χ2v) is 5.70. The van der Waals surface area contributed by atoms with Crippen LogP contribution in [0.15, 0.2) is 24.4 Å². The molecule has 0 fully saturated rings. The Bertz CT molecular complexity index is 992. The summed E-state index contributed by atoms with van der Waals surface area (Å²) in [4.78, 5) is 20.6. The van der Waals surface area contributed by atoms with Crippen molar-refractivity contribution in [3.63, 3.8) is 0 Å². The molecule has 3 N–H and O–H groups in total. The van der Waals surface area contributed by atoms with Gasteiger partial charge in [0.05, 0.1) is 25.5 Å². The van der Waals surface area contributed by atoms with E-state index in [0.717, 1.165) is 6.42 Å². The summed E-state index contributed by atoms with van der Waals surface area (Å²) in [6, 6.07) is 5.63. The molecule has 0 saturated heterocycles. The van der Waals surface area contributed by atoms with Crippen molar-refractivity contribution >= 4 is 22.5 Å². The van der Waals surface area contributed by atoms with Crippen LogP contribution >= 0.6 is 0 Å². The number of methoxy groups -OCH3 is 2. The van der Waals surface area contributed by atoms with Crippen LogP contribution in [0, 0.1) is 0 Å². The minimum atomic E-state index is -0.348.